The second kappa shape index (κ2) is 7.01. The van der Waals surface area contributed by atoms with Crippen LogP contribution in [0.25, 0.3) is 0 Å². The Bertz CT molecular complexity index is 190. The molecule has 0 N–H and O–H groups in total. The minimum Gasteiger partial charge on any atom is -0.465 e. The van der Waals surface area contributed by atoms with Crippen molar-refractivity contribution >= 4 is 14.0 Å². The zero-order valence-corrected chi connectivity index (χ0v) is 11.8. The van der Waals surface area contributed by atoms with Gasteiger partial charge in [-0.25, -0.2) is 0 Å². The largest absolute Gasteiger partial charge is 0.465 e. The lowest BCUT2D eigenvalue weighted by molar-refractivity contribution is -0.141. The van der Waals surface area contributed by atoms with Gasteiger partial charge in [-0.05, 0) is 20.0 Å². The molecule has 0 bridgehead atoms. The molecule has 0 aromatic heterocycles. The molecule has 0 heterocycles. The van der Waals surface area contributed by atoms with Crippen molar-refractivity contribution in [2.75, 3.05) is 26.7 Å². The molecule has 4 heteroatoms. The third-order valence-electron chi connectivity index (χ3n) is 2.24. The molecule has 0 spiro atoms. The van der Waals surface area contributed by atoms with Gasteiger partial charge in [0.1, 0.15) is 6.61 Å². The summed E-state index contributed by atoms with van der Waals surface area (Å²) in [6.07, 6.45) is 1.26. The molecule has 90 valence electrons. The van der Waals surface area contributed by atoms with Gasteiger partial charge in [-0.3, -0.25) is 4.79 Å². The van der Waals surface area contributed by atoms with Crippen LogP contribution < -0.4 is 0 Å². The van der Waals surface area contributed by atoms with Gasteiger partial charge in [0.15, 0.2) is 0 Å². The van der Waals surface area contributed by atoms with Crippen LogP contribution in [0.15, 0.2) is 0 Å². The van der Waals surface area contributed by atoms with E-state index in [1.807, 2.05) is 0 Å². The molecular weight excluding hydrogens is 206 g/mol. The predicted octanol–water partition coefficient (Wildman–Crippen LogP) is 2.21. The average Bonchev–Trinajstić information content (AvgIpc) is 2.00. The first-order chi connectivity index (χ1) is 6.81. The Labute approximate surface area is 94.8 Å². The van der Waals surface area contributed by atoms with Crippen LogP contribution in [-0.2, 0) is 9.53 Å². The number of likely N-dealkylation sites (N-methyl/N-ethyl adjacent to an activating group) is 1. The van der Waals surface area contributed by atoms with Gasteiger partial charge in [0.25, 0.3) is 0 Å². The standard InChI is InChI=1S/C11H25NO2Si/c1-11(13)14-9-8-12(2)7-6-10-15(3,4)5/h6-10H2,1-5H3. The monoisotopic (exact) mass is 231 g/mol. The highest BCUT2D eigenvalue weighted by Gasteiger charge is 2.12. The Balaban J connectivity index is 3.41. The number of hydrogen-bond acceptors (Lipinski definition) is 3. The van der Waals surface area contributed by atoms with E-state index in [2.05, 4.69) is 31.6 Å². The maximum Gasteiger partial charge on any atom is 0.302 e. The average molecular weight is 231 g/mol. The summed E-state index contributed by atoms with van der Waals surface area (Å²) < 4.78 is 4.89. The third kappa shape index (κ3) is 11.6. The molecule has 15 heavy (non-hydrogen) atoms. The molecule has 0 saturated carbocycles. The second-order valence-corrected chi connectivity index (χ2v) is 10.9. The van der Waals surface area contributed by atoms with Crippen LogP contribution in [0.5, 0.6) is 0 Å². The van der Waals surface area contributed by atoms with Crippen LogP contribution in [-0.4, -0.2) is 45.7 Å². The normalized spacial score (nSPS) is 11.9. The fourth-order valence-corrected chi connectivity index (χ4v) is 2.56. The van der Waals surface area contributed by atoms with E-state index in [0.717, 1.165) is 13.1 Å². The molecule has 0 aromatic rings. The number of hydrogen-bond donors (Lipinski definition) is 0. The first kappa shape index (κ1) is 14.6. The van der Waals surface area contributed by atoms with Crippen molar-refractivity contribution in [1.29, 1.82) is 0 Å². The quantitative estimate of drug-likeness (QED) is 0.497. The zero-order chi connectivity index (χ0) is 11.9. The lowest BCUT2D eigenvalue weighted by atomic mass is 10.4. The zero-order valence-electron chi connectivity index (χ0n) is 10.8. The molecule has 0 aliphatic carbocycles. The van der Waals surface area contributed by atoms with Crippen LogP contribution in [0, 0.1) is 0 Å². The lowest BCUT2D eigenvalue weighted by Gasteiger charge is -2.20. The molecule has 0 rings (SSSR count). The van der Waals surface area contributed by atoms with E-state index in [0.29, 0.717) is 6.61 Å². The van der Waals surface area contributed by atoms with Gasteiger partial charge in [-0.2, -0.15) is 0 Å². The minimum absolute atomic E-state index is 0.189. The van der Waals surface area contributed by atoms with Crippen LogP contribution in [0.3, 0.4) is 0 Å². The minimum atomic E-state index is -0.885. The maximum atomic E-state index is 10.5. The molecule has 0 atom stereocenters. The number of ether oxygens (including phenoxy) is 1. The number of rotatable bonds is 7. The van der Waals surface area contributed by atoms with Crippen molar-refractivity contribution in [3.8, 4) is 0 Å². The van der Waals surface area contributed by atoms with E-state index in [9.17, 15) is 4.79 Å². The van der Waals surface area contributed by atoms with E-state index >= 15 is 0 Å². The molecule has 0 aromatic carbocycles. The fourth-order valence-electron chi connectivity index (χ4n) is 1.34. The SMILES string of the molecule is CC(=O)OCCN(C)CCC[Si](C)(C)C. The summed E-state index contributed by atoms with van der Waals surface area (Å²) in [6.45, 7) is 11.1. The Kier molecular flexibility index (Phi) is 6.84. The third-order valence-corrected chi connectivity index (χ3v) is 4.10. The smallest absolute Gasteiger partial charge is 0.302 e. The molecule has 0 saturated heterocycles. The van der Waals surface area contributed by atoms with Crippen molar-refractivity contribution in [3.05, 3.63) is 0 Å². The van der Waals surface area contributed by atoms with Crippen LogP contribution in [0.4, 0.5) is 0 Å². The Hall–Kier alpha value is -0.353. The van der Waals surface area contributed by atoms with Gasteiger partial charge in [0.2, 0.25) is 0 Å². The Morgan fingerprint density at radius 3 is 2.33 bits per heavy atom. The molecule has 3 nitrogen and oxygen atoms in total. The predicted molar refractivity (Wildman–Crippen MR) is 66.9 cm³/mol. The topological polar surface area (TPSA) is 29.5 Å². The van der Waals surface area contributed by atoms with Gasteiger partial charge in [-0.15, -0.1) is 0 Å². The van der Waals surface area contributed by atoms with Crippen LogP contribution in [0.1, 0.15) is 13.3 Å². The first-order valence-electron chi connectivity index (χ1n) is 5.63. The highest BCUT2D eigenvalue weighted by molar-refractivity contribution is 6.76. The number of esters is 1. The fraction of sp³-hybridized carbons (Fsp3) is 0.909. The van der Waals surface area contributed by atoms with Gasteiger partial charge in [0, 0.05) is 21.5 Å². The molecule has 0 unspecified atom stereocenters. The van der Waals surface area contributed by atoms with Gasteiger partial charge in [-0.1, -0.05) is 25.7 Å². The second-order valence-electron chi connectivity index (χ2n) is 5.31. The van der Waals surface area contributed by atoms with Crippen molar-refractivity contribution < 1.29 is 9.53 Å². The van der Waals surface area contributed by atoms with Gasteiger partial charge >= 0.3 is 5.97 Å². The van der Waals surface area contributed by atoms with Crippen molar-refractivity contribution in [2.45, 2.75) is 39.0 Å². The first-order valence-corrected chi connectivity index (χ1v) is 9.34. The molecule has 0 amide bonds. The summed E-state index contributed by atoms with van der Waals surface area (Å²) in [6, 6.07) is 1.37. The molecule has 0 radical (unpaired) electrons. The van der Waals surface area contributed by atoms with Crippen molar-refractivity contribution in [1.82, 2.24) is 4.90 Å². The summed E-state index contributed by atoms with van der Waals surface area (Å²) in [7, 11) is 1.19. The molecule has 0 fully saturated rings. The highest BCUT2D eigenvalue weighted by Crippen LogP contribution is 2.10. The summed E-state index contributed by atoms with van der Waals surface area (Å²) in [5.74, 6) is -0.189. The number of nitrogens with zero attached hydrogens (tertiary/aromatic N) is 1. The van der Waals surface area contributed by atoms with E-state index < -0.39 is 8.07 Å². The Morgan fingerprint density at radius 1 is 1.27 bits per heavy atom. The molecule has 0 aliphatic heterocycles. The summed E-state index contributed by atoms with van der Waals surface area (Å²) >= 11 is 0. The lowest BCUT2D eigenvalue weighted by Crippen LogP contribution is -2.27. The number of carbonyl (C=O) groups is 1. The number of carbonyl (C=O) groups excluding carboxylic acids is 1. The summed E-state index contributed by atoms with van der Waals surface area (Å²) in [4.78, 5) is 12.8. The van der Waals surface area contributed by atoms with Gasteiger partial charge < -0.3 is 9.64 Å². The van der Waals surface area contributed by atoms with E-state index in [1.54, 1.807) is 0 Å². The molecular formula is C11H25NO2Si. The van der Waals surface area contributed by atoms with E-state index in [1.165, 1.54) is 19.4 Å². The van der Waals surface area contributed by atoms with Crippen molar-refractivity contribution in [2.24, 2.45) is 0 Å². The van der Waals surface area contributed by atoms with E-state index in [4.69, 9.17) is 4.74 Å². The van der Waals surface area contributed by atoms with Gasteiger partial charge in [0.05, 0.1) is 0 Å². The highest BCUT2D eigenvalue weighted by atomic mass is 28.3. The van der Waals surface area contributed by atoms with E-state index in [-0.39, 0.29) is 5.97 Å². The summed E-state index contributed by atoms with van der Waals surface area (Å²) in [5.41, 5.74) is 0. The Morgan fingerprint density at radius 2 is 1.87 bits per heavy atom. The van der Waals surface area contributed by atoms with Crippen LogP contribution >= 0.6 is 0 Å². The summed E-state index contributed by atoms with van der Waals surface area (Å²) in [5, 5.41) is 0. The van der Waals surface area contributed by atoms with Crippen molar-refractivity contribution in [3.63, 3.8) is 0 Å². The molecule has 0 aliphatic rings. The van der Waals surface area contributed by atoms with Crippen LogP contribution in [0.2, 0.25) is 25.7 Å². The maximum absolute atomic E-state index is 10.5.